The fourth-order valence-electron chi connectivity index (χ4n) is 2.32. The lowest BCUT2D eigenvalue weighted by Crippen LogP contribution is -2.05. The molecule has 4 nitrogen and oxygen atoms in total. The summed E-state index contributed by atoms with van der Waals surface area (Å²) in [7, 11) is 1.87. The van der Waals surface area contributed by atoms with Crippen LogP contribution in [0.15, 0.2) is 12.1 Å². The summed E-state index contributed by atoms with van der Waals surface area (Å²) in [6.07, 6.45) is 0.548. The van der Waals surface area contributed by atoms with Gasteiger partial charge in [-0.1, -0.05) is 13.8 Å². The van der Waals surface area contributed by atoms with E-state index in [1.54, 1.807) is 0 Å². The van der Waals surface area contributed by atoms with Crippen LogP contribution in [0.4, 0.5) is 0 Å². The fraction of sp³-hybridized carbons (Fsp3) is 0.467. The zero-order valence-corrected chi connectivity index (χ0v) is 11.9. The highest BCUT2D eigenvalue weighted by molar-refractivity contribution is 6.00. The highest BCUT2D eigenvalue weighted by Gasteiger charge is 2.15. The number of carbonyl (C=O) groups is 1. The molecule has 0 aliphatic rings. The molecule has 0 bridgehead atoms. The normalized spacial score (nSPS) is 11.5. The van der Waals surface area contributed by atoms with Gasteiger partial charge < -0.3 is 9.67 Å². The van der Waals surface area contributed by atoms with Gasteiger partial charge in [0.1, 0.15) is 12.4 Å². The maximum atomic E-state index is 12.2. The Morgan fingerprint density at radius 2 is 2.11 bits per heavy atom. The van der Waals surface area contributed by atoms with Gasteiger partial charge in [0.05, 0.1) is 11.0 Å². The second-order valence-electron chi connectivity index (χ2n) is 5.42. The molecule has 4 heteroatoms. The molecule has 19 heavy (non-hydrogen) atoms. The van der Waals surface area contributed by atoms with Crippen molar-refractivity contribution in [1.29, 1.82) is 0 Å². The van der Waals surface area contributed by atoms with E-state index in [1.807, 2.05) is 44.5 Å². The highest BCUT2D eigenvalue weighted by atomic mass is 16.3. The average Bonchev–Trinajstić information content (AvgIpc) is 2.64. The molecular weight excluding hydrogens is 240 g/mol. The topological polar surface area (TPSA) is 55.1 Å². The second-order valence-corrected chi connectivity index (χ2v) is 5.42. The molecule has 0 aliphatic heterocycles. The predicted octanol–water partition coefficient (Wildman–Crippen LogP) is 2.60. The summed E-state index contributed by atoms with van der Waals surface area (Å²) in [5.41, 5.74) is 3.42. The molecular formula is C15H20N2O2. The monoisotopic (exact) mass is 260 g/mol. The summed E-state index contributed by atoms with van der Waals surface area (Å²) in [4.78, 5) is 16.6. The first-order valence-corrected chi connectivity index (χ1v) is 6.54. The number of hydrogen-bond donors (Lipinski definition) is 1. The van der Waals surface area contributed by atoms with Gasteiger partial charge in [-0.15, -0.1) is 0 Å². The average molecular weight is 260 g/mol. The van der Waals surface area contributed by atoms with Gasteiger partial charge in [0.15, 0.2) is 5.78 Å². The zero-order chi connectivity index (χ0) is 14.2. The Morgan fingerprint density at radius 3 is 2.68 bits per heavy atom. The van der Waals surface area contributed by atoms with Crippen LogP contribution in [0.3, 0.4) is 0 Å². The Balaban J connectivity index is 2.53. The number of aliphatic hydroxyl groups excluding tert-OH is 1. The summed E-state index contributed by atoms with van der Waals surface area (Å²) in [5.74, 6) is 1.12. The number of aliphatic hydroxyl groups is 1. The van der Waals surface area contributed by atoms with Crippen molar-refractivity contribution >= 4 is 16.8 Å². The van der Waals surface area contributed by atoms with Crippen LogP contribution in [-0.2, 0) is 13.7 Å². The van der Waals surface area contributed by atoms with Gasteiger partial charge in [0, 0.05) is 19.0 Å². The molecule has 1 aromatic heterocycles. The van der Waals surface area contributed by atoms with Crippen molar-refractivity contribution in [3.8, 4) is 0 Å². The molecule has 0 unspecified atom stereocenters. The molecule has 0 atom stereocenters. The number of fused-ring (bicyclic) bond motifs is 1. The van der Waals surface area contributed by atoms with Gasteiger partial charge >= 0.3 is 0 Å². The maximum Gasteiger partial charge on any atom is 0.163 e. The maximum absolute atomic E-state index is 12.2. The van der Waals surface area contributed by atoms with Crippen LogP contribution in [0.25, 0.3) is 11.0 Å². The summed E-state index contributed by atoms with van der Waals surface area (Å²) in [6, 6.07) is 3.81. The zero-order valence-electron chi connectivity index (χ0n) is 11.9. The number of Topliss-reactive ketones (excluding diaryl/α,β-unsaturated/α-hetero) is 1. The Hall–Kier alpha value is -1.68. The van der Waals surface area contributed by atoms with Gasteiger partial charge in [0.2, 0.25) is 0 Å². The number of rotatable bonds is 4. The van der Waals surface area contributed by atoms with Crippen molar-refractivity contribution in [2.24, 2.45) is 13.0 Å². The van der Waals surface area contributed by atoms with Crippen molar-refractivity contribution < 1.29 is 9.90 Å². The Morgan fingerprint density at radius 1 is 1.42 bits per heavy atom. The van der Waals surface area contributed by atoms with Crippen LogP contribution in [0.1, 0.15) is 42.0 Å². The number of aromatic nitrogens is 2. The summed E-state index contributed by atoms with van der Waals surface area (Å²) >= 11 is 0. The molecule has 0 saturated carbocycles. The highest BCUT2D eigenvalue weighted by Crippen LogP contribution is 2.22. The molecule has 1 N–H and O–H groups in total. The lowest BCUT2D eigenvalue weighted by atomic mass is 9.97. The van der Waals surface area contributed by atoms with E-state index in [0.717, 1.165) is 22.2 Å². The summed E-state index contributed by atoms with van der Waals surface area (Å²) in [5, 5.41) is 9.24. The first kappa shape index (κ1) is 13.7. The number of ketones is 1. The lowest BCUT2D eigenvalue weighted by Gasteiger charge is -2.08. The van der Waals surface area contributed by atoms with E-state index in [2.05, 4.69) is 4.98 Å². The SMILES string of the molecule is Cc1cc2c(cc1C(=O)CC(C)C)nc(CO)n2C. The molecule has 2 rings (SSSR count). The third-order valence-corrected chi connectivity index (χ3v) is 3.36. The second kappa shape index (κ2) is 5.13. The minimum Gasteiger partial charge on any atom is -0.388 e. The van der Waals surface area contributed by atoms with Crippen molar-refractivity contribution in [2.75, 3.05) is 0 Å². The predicted molar refractivity (Wildman–Crippen MR) is 75.2 cm³/mol. The van der Waals surface area contributed by atoms with Crippen molar-refractivity contribution in [3.63, 3.8) is 0 Å². The number of benzene rings is 1. The van der Waals surface area contributed by atoms with Gasteiger partial charge in [0.25, 0.3) is 0 Å². The van der Waals surface area contributed by atoms with E-state index in [1.165, 1.54) is 0 Å². The van der Waals surface area contributed by atoms with Gasteiger partial charge in [-0.25, -0.2) is 4.98 Å². The van der Waals surface area contributed by atoms with E-state index in [0.29, 0.717) is 18.2 Å². The Bertz CT molecular complexity index is 627. The molecule has 0 fully saturated rings. The number of hydrogen-bond acceptors (Lipinski definition) is 3. The minimum absolute atomic E-state index is 0.0977. The first-order valence-electron chi connectivity index (χ1n) is 6.54. The van der Waals surface area contributed by atoms with E-state index in [4.69, 9.17) is 0 Å². The van der Waals surface area contributed by atoms with Crippen molar-refractivity contribution in [2.45, 2.75) is 33.8 Å². The number of imidazole rings is 1. The molecule has 2 aromatic rings. The molecule has 102 valence electrons. The largest absolute Gasteiger partial charge is 0.388 e. The van der Waals surface area contributed by atoms with Crippen molar-refractivity contribution in [1.82, 2.24) is 9.55 Å². The Kier molecular flexibility index (Phi) is 3.71. The fourth-order valence-corrected chi connectivity index (χ4v) is 2.32. The van der Waals surface area contributed by atoms with Gasteiger partial charge in [-0.2, -0.15) is 0 Å². The quantitative estimate of drug-likeness (QED) is 0.860. The summed E-state index contributed by atoms with van der Waals surface area (Å²) < 4.78 is 1.86. The molecule has 0 saturated heterocycles. The van der Waals surface area contributed by atoms with Gasteiger partial charge in [-0.3, -0.25) is 4.79 Å². The minimum atomic E-state index is -0.0977. The van der Waals surface area contributed by atoms with Crippen LogP contribution in [-0.4, -0.2) is 20.4 Å². The first-order chi connectivity index (χ1) is 8.93. The van der Waals surface area contributed by atoms with Crippen LogP contribution < -0.4 is 0 Å². The Labute approximate surface area is 113 Å². The van der Waals surface area contributed by atoms with Crippen molar-refractivity contribution in [3.05, 3.63) is 29.1 Å². The van der Waals surface area contributed by atoms with Gasteiger partial charge in [-0.05, 0) is 30.5 Å². The van der Waals surface area contributed by atoms with Crippen LogP contribution in [0.5, 0.6) is 0 Å². The van der Waals surface area contributed by atoms with E-state index >= 15 is 0 Å². The third-order valence-electron chi connectivity index (χ3n) is 3.36. The molecule has 1 heterocycles. The number of aryl methyl sites for hydroxylation is 2. The number of carbonyl (C=O) groups excluding carboxylic acids is 1. The summed E-state index contributed by atoms with van der Waals surface area (Å²) in [6.45, 7) is 5.92. The number of nitrogens with zero attached hydrogens (tertiary/aromatic N) is 2. The molecule has 1 aromatic carbocycles. The molecule has 0 aliphatic carbocycles. The van der Waals surface area contributed by atoms with Crippen LogP contribution in [0.2, 0.25) is 0 Å². The third kappa shape index (κ3) is 2.54. The smallest absolute Gasteiger partial charge is 0.163 e. The molecule has 0 radical (unpaired) electrons. The van der Waals surface area contributed by atoms with E-state index in [9.17, 15) is 9.90 Å². The van der Waals surface area contributed by atoms with E-state index < -0.39 is 0 Å². The molecule has 0 amide bonds. The van der Waals surface area contributed by atoms with Crippen LogP contribution >= 0.6 is 0 Å². The lowest BCUT2D eigenvalue weighted by molar-refractivity contribution is 0.0967. The molecule has 0 spiro atoms. The van der Waals surface area contributed by atoms with E-state index in [-0.39, 0.29) is 12.4 Å². The van der Waals surface area contributed by atoms with Crippen LogP contribution in [0, 0.1) is 12.8 Å². The standard InChI is InChI=1S/C15H20N2O2/c1-9(2)5-14(19)11-7-12-13(6-10(11)3)17(4)15(8-18)16-12/h6-7,9,18H,5,8H2,1-4H3.